The van der Waals surface area contributed by atoms with Crippen LogP contribution in [0, 0.1) is 15.9 Å². The third kappa shape index (κ3) is 3.25. The quantitative estimate of drug-likeness (QED) is 0.416. The van der Waals surface area contributed by atoms with Crippen LogP contribution in [-0.4, -0.2) is 20.8 Å². The van der Waals surface area contributed by atoms with Crippen LogP contribution in [0.1, 0.15) is 10.6 Å². The Hall–Kier alpha value is -4.01. The van der Waals surface area contributed by atoms with Gasteiger partial charge >= 0.3 is 5.88 Å². The van der Waals surface area contributed by atoms with E-state index in [4.69, 9.17) is 4.42 Å². The van der Waals surface area contributed by atoms with Gasteiger partial charge in [0, 0.05) is 11.3 Å². The third-order valence-corrected chi connectivity index (χ3v) is 3.85. The first-order valence-electron chi connectivity index (χ1n) is 7.81. The molecule has 0 spiro atoms. The van der Waals surface area contributed by atoms with Gasteiger partial charge in [0.25, 0.3) is 5.91 Å². The highest BCUT2D eigenvalue weighted by atomic mass is 19.1. The monoisotopic (exact) mass is 366 g/mol. The maximum atomic E-state index is 13.1. The predicted molar refractivity (Wildman–Crippen MR) is 94.8 cm³/mol. The molecule has 2 aromatic heterocycles. The highest BCUT2D eigenvalue weighted by molar-refractivity contribution is 6.03. The van der Waals surface area contributed by atoms with Gasteiger partial charge in [-0.3, -0.25) is 14.9 Å². The van der Waals surface area contributed by atoms with E-state index in [-0.39, 0.29) is 11.6 Å². The molecule has 0 unspecified atom stereocenters. The van der Waals surface area contributed by atoms with Crippen molar-refractivity contribution in [3.63, 3.8) is 0 Å². The van der Waals surface area contributed by atoms with Gasteiger partial charge < -0.3 is 14.7 Å². The Morgan fingerprint density at radius 1 is 1.15 bits per heavy atom. The standard InChI is InChI=1S/C18H11FN4O4/c19-11-3-1-10(2-4-11)17-21-13-6-5-12(9-14(13)22-17)20-18(24)15-7-8-16(27-15)23(25)26/h1-9H,(H,20,24)(H,21,22). The number of H-pyrrole nitrogens is 1. The molecule has 0 atom stereocenters. The first kappa shape index (κ1) is 16.5. The number of aromatic amines is 1. The van der Waals surface area contributed by atoms with Crippen molar-refractivity contribution in [2.24, 2.45) is 0 Å². The Bertz CT molecular complexity index is 1160. The number of amides is 1. The van der Waals surface area contributed by atoms with Gasteiger partial charge in [0.15, 0.2) is 5.76 Å². The van der Waals surface area contributed by atoms with Crippen LogP contribution < -0.4 is 5.32 Å². The summed E-state index contributed by atoms with van der Waals surface area (Å²) in [4.78, 5) is 29.6. The van der Waals surface area contributed by atoms with Crippen LogP contribution in [0.2, 0.25) is 0 Å². The normalized spacial score (nSPS) is 10.9. The number of hydrogen-bond donors (Lipinski definition) is 2. The summed E-state index contributed by atoms with van der Waals surface area (Å²) in [5, 5.41) is 13.2. The zero-order chi connectivity index (χ0) is 19.0. The van der Waals surface area contributed by atoms with Crippen molar-refractivity contribution < 1.29 is 18.5 Å². The molecule has 8 nitrogen and oxygen atoms in total. The summed E-state index contributed by atoms with van der Waals surface area (Å²) in [6.07, 6.45) is 0. The summed E-state index contributed by atoms with van der Waals surface area (Å²) >= 11 is 0. The van der Waals surface area contributed by atoms with Crippen LogP contribution in [0.4, 0.5) is 16.0 Å². The Labute approximate surface area is 150 Å². The number of nitrogens with zero attached hydrogens (tertiary/aromatic N) is 2. The third-order valence-electron chi connectivity index (χ3n) is 3.85. The van der Waals surface area contributed by atoms with Crippen LogP contribution in [0.5, 0.6) is 0 Å². The Morgan fingerprint density at radius 3 is 2.63 bits per heavy atom. The molecule has 0 saturated carbocycles. The highest BCUT2D eigenvalue weighted by Crippen LogP contribution is 2.24. The predicted octanol–water partition coefficient (Wildman–Crippen LogP) is 4.12. The van der Waals surface area contributed by atoms with Crippen LogP contribution in [0.15, 0.2) is 59.0 Å². The second-order valence-corrected chi connectivity index (χ2v) is 5.67. The van der Waals surface area contributed by atoms with Crippen molar-refractivity contribution in [3.8, 4) is 11.4 Å². The minimum Gasteiger partial charge on any atom is -0.395 e. The molecule has 2 N–H and O–H groups in total. The number of nitro groups is 1. The number of imidazole rings is 1. The second-order valence-electron chi connectivity index (χ2n) is 5.67. The highest BCUT2D eigenvalue weighted by Gasteiger charge is 2.17. The topological polar surface area (TPSA) is 114 Å². The van der Waals surface area contributed by atoms with E-state index in [9.17, 15) is 19.3 Å². The Kier molecular flexibility index (Phi) is 3.88. The number of benzene rings is 2. The van der Waals surface area contributed by atoms with Crippen molar-refractivity contribution in [2.45, 2.75) is 0 Å². The van der Waals surface area contributed by atoms with Crippen LogP contribution in [0.3, 0.4) is 0 Å². The molecule has 2 aromatic carbocycles. The van der Waals surface area contributed by atoms with E-state index < -0.39 is 16.7 Å². The Balaban J connectivity index is 1.58. The maximum absolute atomic E-state index is 13.1. The number of anilines is 1. The summed E-state index contributed by atoms with van der Waals surface area (Å²) < 4.78 is 17.9. The van der Waals surface area contributed by atoms with Gasteiger partial charge in [-0.2, -0.15) is 0 Å². The number of fused-ring (bicyclic) bond motifs is 1. The summed E-state index contributed by atoms with van der Waals surface area (Å²) in [6.45, 7) is 0. The molecule has 4 aromatic rings. The minimum atomic E-state index is -0.718. The van der Waals surface area contributed by atoms with Crippen molar-refractivity contribution in [2.75, 3.05) is 5.32 Å². The fourth-order valence-corrected chi connectivity index (χ4v) is 2.57. The number of carbonyl (C=O) groups excluding carboxylic acids is 1. The number of aromatic nitrogens is 2. The lowest BCUT2D eigenvalue weighted by molar-refractivity contribution is -0.402. The van der Waals surface area contributed by atoms with E-state index in [1.165, 1.54) is 18.2 Å². The molecular weight excluding hydrogens is 355 g/mol. The average Bonchev–Trinajstić information content (AvgIpc) is 3.29. The van der Waals surface area contributed by atoms with Crippen LogP contribution in [-0.2, 0) is 0 Å². The SMILES string of the molecule is O=C(Nc1ccc2nc(-c3ccc(F)cc3)[nH]c2c1)c1ccc([N+](=O)[O-])o1. The molecule has 27 heavy (non-hydrogen) atoms. The largest absolute Gasteiger partial charge is 0.433 e. The molecule has 134 valence electrons. The van der Waals surface area contributed by atoms with Crippen LogP contribution in [0.25, 0.3) is 22.4 Å². The smallest absolute Gasteiger partial charge is 0.395 e. The van der Waals surface area contributed by atoms with Gasteiger partial charge in [0.2, 0.25) is 0 Å². The minimum absolute atomic E-state index is 0.168. The number of rotatable bonds is 4. The lowest BCUT2D eigenvalue weighted by Gasteiger charge is -2.02. The molecule has 4 rings (SSSR count). The van der Waals surface area contributed by atoms with E-state index in [1.807, 2.05) is 0 Å². The zero-order valence-electron chi connectivity index (χ0n) is 13.6. The number of carbonyl (C=O) groups is 1. The zero-order valence-corrected chi connectivity index (χ0v) is 13.6. The fourth-order valence-electron chi connectivity index (χ4n) is 2.57. The van der Waals surface area contributed by atoms with E-state index in [1.54, 1.807) is 30.3 Å². The number of halogens is 1. The molecule has 0 saturated heterocycles. The molecule has 9 heteroatoms. The van der Waals surface area contributed by atoms with E-state index in [0.717, 1.165) is 11.6 Å². The first-order valence-corrected chi connectivity index (χ1v) is 7.81. The van der Waals surface area contributed by atoms with E-state index in [0.29, 0.717) is 22.5 Å². The van der Waals surface area contributed by atoms with Crippen molar-refractivity contribution in [1.29, 1.82) is 0 Å². The lowest BCUT2D eigenvalue weighted by Crippen LogP contribution is -2.10. The number of hydrogen-bond acceptors (Lipinski definition) is 5. The Morgan fingerprint density at radius 2 is 1.93 bits per heavy atom. The van der Waals surface area contributed by atoms with E-state index >= 15 is 0 Å². The first-order chi connectivity index (χ1) is 13.0. The van der Waals surface area contributed by atoms with Gasteiger partial charge in [0.1, 0.15) is 16.6 Å². The molecule has 0 bridgehead atoms. The molecule has 1 amide bonds. The van der Waals surface area contributed by atoms with Crippen LogP contribution >= 0.6 is 0 Å². The van der Waals surface area contributed by atoms with Gasteiger partial charge in [-0.05, 0) is 48.5 Å². The molecular formula is C18H11FN4O4. The van der Waals surface area contributed by atoms with Crippen molar-refractivity contribution in [1.82, 2.24) is 9.97 Å². The molecule has 2 heterocycles. The number of nitrogens with one attached hydrogen (secondary N) is 2. The molecule has 0 radical (unpaired) electrons. The van der Waals surface area contributed by atoms with Crippen molar-refractivity contribution in [3.05, 3.63) is 76.3 Å². The van der Waals surface area contributed by atoms with Gasteiger partial charge in [-0.25, -0.2) is 9.37 Å². The van der Waals surface area contributed by atoms with E-state index in [2.05, 4.69) is 15.3 Å². The van der Waals surface area contributed by atoms with Gasteiger partial charge in [-0.1, -0.05) is 0 Å². The summed E-state index contributed by atoms with van der Waals surface area (Å²) in [5.74, 6) is -1.06. The average molecular weight is 366 g/mol. The second kappa shape index (κ2) is 6.37. The molecule has 0 aliphatic carbocycles. The fraction of sp³-hybridized carbons (Fsp3) is 0. The summed E-state index contributed by atoms with van der Waals surface area (Å²) in [5.41, 5.74) is 2.51. The lowest BCUT2D eigenvalue weighted by atomic mass is 10.2. The van der Waals surface area contributed by atoms with Crippen molar-refractivity contribution >= 4 is 28.5 Å². The number of furan rings is 1. The summed E-state index contributed by atoms with van der Waals surface area (Å²) in [7, 11) is 0. The molecule has 0 aliphatic rings. The van der Waals surface area contributed by atoms with Gasteiger partial charge in [0.05, 0.1) is 17.1 Å². The maximum Gasteiger partial charge on any atom is 0.433 e. The molecule has 0 fully saturated rings. The molecule has 0 aliphatic heterocycles. The summed E-state index contributed by atoms with van der Waals surface area (Å²) in [6, 6.07) is 13.3. The van der Waals surface area contributed by atoms with Gasteiger partial charge in [-0.15, -0.1) is 0 Å².